The number of anilines is 2. The average Bonchev–Trinajstić information content (AvgIpc) is 3.83. The molecule has 1 aliphatic heterocycles. The number of benzene rings is 2. The summed E-state index contributed by atoms with van der Waals surface area (Å²) >= 11 is 6.70. The second-order valence-electron chi connectivity index (χ2n) is 9.70. The Morgan fingerprint density at radius 3 is 2.78 bits per heavy atom. The van der Waals surface area contributed by atoms with Gasteiger partial charge in [-0.2, -0.15) is 5.26 Å². The first-order chi connectivity index (χ1) is 17.8. The number of hydrazine groups is 2. The van der Waals surface area contributed by atoms with Crippen molar-refractivity contribution in [2.45, 2.75) is 56.6 Å². The fourth-order valence-corrected chi connectivity index (χ4v) is 4.86. The van der Waals surface area contributed by atoms with E-state index >= 15 is 0 Å². The monoisotopic (exact) mass is 504 g/mol. The van der Waals surface area contributed by atoms with Gasteiger partial charge in [-0.25, -0.2) is 4.39 Å². The molecule has 184 valence electrons. The normalized spacial score (nSPS) is 20.1. The molecule has 3 aliphatic rings. The Morgan fingerprint density at radius 1 is 1.33 bits per heavy atom. The Morgan fingerprint density at radius 2 is 2.11 bits per heavy atom. The number of hydrogen-bond donors (Lipinski definition) is 4. The lowest BCUT2D eigenvalue weighted by molar-refractivity contribution is 0.260. The molecule has 2 heterocycles. The van der Waals surface area contributed by atoms with Crippen LogP contribution < -0.4 is 21.6 Å². The van der Waals surface area contributed by atoms with Gasteiger partial charge in [-0.15, -0.1) is 5.53 Å². The predicted octanol–water partition coefficient (Wildman–Crippen LogP) is 5.74. The summed E-state index contributed by atoms with van der Waals surface area (Å²) in [5.41, 5.74) is 9.63. The van der Waals surface area contributed by atoms with E-state index in [9.17, 15) is 11.0 Å². The summed E-state index contributed by atoms with van der Waals surface area (Å²) in [6.45, 7) is 2.13. The fourth-order valence-electron chi connectivity index (χ4n) is 4.59. The van der Waals surface area contributed by atoms with Crippen LogP contribution in [0.15, 0.2) is 54.5 Å². The summed E-state index contributed by atoms with van der Waals surface area (Å²) in [7, 11) is 0. The quantitative estimate of drug-likeness (QED) is 0.311. The summed E-state index contributed by atoms with van der Waals surface area (Å²) in [4.78, 5) is 4.46. The molecular formula is C27H27ClFN7. The van der Waals surface area contributed by atoms with Crippen LogP contribution in [0, 0.1) is 17.1 Å². The van der Waals surface area contributed by atoms with Crippen LogP contribution in [0.25, 0.3) is 10.9 Å². The standard InChI is InChI=1S/C27H27ClFN7/c1-2-27(9-10-27)33-24-17(13-30)14-31-26-21(24)11-19(12-22(26)28)32-25(16-3-5-18(29)6-4-16)23-15-36(35-34-23)20-7-8-20/h3-6,11-12,14-15,20,25,32,34-35H,2,7-10H2,1H3,(H,31,33)/i25D. The molecule has 0 radical (unpaired) electrons. The summed E-state index contributed by atoms with van der Waals surface area (Å²) in [6, 6.07) is 10.6. The third kappa shape index (κ3) is 4.29. The molecule has 0 spiro atoms. The van der Waals surface area contributed by atoms with Crippen molar-refractivity contribution >= 4 is 33.9 Å². The molecule has 36 heavy (non-hydrogen) atoms. The van der Waals surface area contributed by atoms with Crippen molar-refractivity contribution in [3.8, 4) is 6.07 Å². The zero-order valence-corrected chi connectivity index (χ0v) is 20.6. The molecule has 0 bridgehead atoms. The highest BCUT2D eigenvalue weighted by Crippen LogP contribution is 2.45. The third-order valence-electron chi connectivity index (χ3n) is 7.17. The number of halogens is 2. The molecular weight excluding hydrogens is 477 g/mol. The second kappa shape index (κ2) is 8.84. The topological polar surface area (TPSA) is 88.0 Å². The van der Waals surface area contributed by atoms with Gasteiger partial charge in [-0.3, -0.25) is 9.99 Å². The van der Waals surface area contributed by atoms with Crippen molar-refractivity contribution < 1.29 is 5.76 Å². The van der Waals surface area contributed by atoms with Gasteiger partial charge < -0.3 is 16.1 Å². The van der Waals surface area contributed by atoms with Crippen LogP contribution >= 0.6 is 11.6 Å². The van der Waals surface area contributed by atoms with Crippen molar-refractivity contribution in [3.63, 3.8) is 0 Å². The highest BCUT2D eigenvalue weighted by atomic mass is 35.5. The lowest BCUT2D eigenvalue weighted by Crippen LogP contribution is -2.38. The van der Waals surface area contributed by atoms with Gasteiger partial charge in [0, 0.05) is 35.1 Å². The minimum Gasteiger partial charge on any atom is -0.378 e. The molecule has 1 atom stereocenters. The first-order valence-corrected chi connectivity index (χ1v) is 12.6. The number of fused-ring (bicyclic) bond motifs is 1. The lowest BCUT2D eigenvalue weighted by atomic mass is 10.0. The number of aromatic nitrogens is 1. The van der Waals surface area contributed by atoms with E-state index in [0.717, 1.165) is 32.1 Å². The molecule has 4 N–H and O–H groups in total. The Bertz CT molecular complexity index is 1450. The summed E-state index contributed by atoms with van der Waals surface area (Å²) in [5, 5.41) is 19.8. The molecule has 2 aromatic carbocycles. The van der Waals surface area contributed by atoms with E-state index in [4.69, 9.17) is 11.6 Å². The molecule has 2 fully saturated rings. The minimum atomic E-state index is -1.49. The van der Waals surface area contributed by atoms with Gasteiger partial charge in [0.25, 0.3) is 0 Å². The van der Waals surface area contributed by atoms with Crippen LogP contribution in [0.2, 0.25) is 5.02 Å². The van der Waals surface area contributed by atoms with Gasteiger partial charge in [-0.05, 0) is 61.9 Å². The van der Waals surface area contributed by atoms with Crippen molar-refractivity contribution in [1.82, 2.24) is 21.0 Å². The predicted molar refractivity (Wildman–Crippen MR) is 139 cm³/mol. The van der Waals surface area contributed by atoms with Crippen molar-refractivity contribution in [2.24, 2.45) is 0 Å². The number of nitrogens with one attached hydrogen (secondary N) is 4. The number of hydrogen-bond acceptors (Lipinski definition) is 7. The number of rotatable bonds is 8. The maximum absolute atomic E-state index is 13.8. The van der Waals surface area contributed by atoms with E-state index in [1.54, 1.807) is 24.4 Å². The van der Waals surface area contributed by atoms with E-state index in [-0.39, 0.29) is 11.4 Å². The largest absolute Gasteiger partial charge is 0.378 e. The van der Waals surface area contributed by atoms with Crippen molar-refractivity contribution in [2.75, 3.05) is 10.6 Å². The molecule has 1 aromatic heterocycles. The summed E-state index contributed by atoms with van der Waals surface area (Å²) < 4.78 is 23.3. The maximum atomic E-state index is 13.8. The zero-order valence-electron chi connectivity index (χ0n) is 20.8. The van der Waals surface area contributed by atoms with Gasteiger partial charge in [0.1, 0.15) is 11.9 Å². The molecule has 3 aromatic rings. The lowest BCUT2D eigenvalue weighted by Gasteiger charge is -2.23. The Balaban J connectivity index is 1.45. The van der Waals surface area contributed by atoms with Crippen LogP contribution in [0.1, 0.15) is 57.5 Å². The Labute approximate surface area is 215 Å². The smallest absolute Gasteiger partial charge is 0.123 e. The van der Waals surface area contributed by atoms with E-state index in [2.05, 4.69) is 39.6 Å². The first-order valence-electron chi connectivity index (χ1n) is 12.7. The Kier molecular flexibility index (Phi) is 5.33. The van der Waals surface area contributed by atoms with Crippen molar-refractivity contribution in [3.05, 3.63) is 76.5 Å². The number of nitriles is 1. The third-order valence-corrected chi connectivity index (χ3v) is 7.45. The van der Waals surface area contributed by atoms with E-state index in [0.29, 0.717) is 50.2 Å². The van der Waals surface area contributed by atoms with Crippen LogP contribution in [-0.4, -0.2) is 21.6 Å². The molecule has 2 saturated carbocycles. The van der Waals surface area contributed by atoms with Gasteiger partial charge in [-0.1, -0.05) is 30.7 Å². The van der Waals surface area contributed by atoms with Gasteiger partial charge in [0.15, 0.2) is 0 Å². The molecule has 6 rings (SSSR count). The van der Waals surface area contributed by atoms with E-state index in [1.165, 1.54) is 12.1 Å². The highest BCUT2D eigenvalue weighted by molar-refractivity contribution is 6.35. The van der Waals surface area contributed by atoms with Gasteiger partial charge in [0.05, 0.1) is 34.9 Å². The fraction of sp³-hybridized carbons (Fsp3) is 0.333. The molecule has 7 nitrogen and oxygen atoms in total. The molecule has 2 aliphatic carbocycles. The maximum Gasteiger partial charge on any atom is 0.123 e. The van der Waals surface area contributed by atoms with Gasteiger partial charge >= 0.3 is 0 Å². The van der Waals surface area contributed by atoms with E-state index < -0.39 is 6.02 Å². The number of nitrogens with zero attached hydrogens (tertiary/aromatic N) is 3. The van der Waals surface area contributed by atoms with Crippen molar-refractivity contribution in [1.29, 1.82) is 5.26 Å². The van der Waals surface area contributed by atoms with Crippen LogP contribution in [0.3, 0.4) is 0 Å². The van der Waals surface area contributed by atoms with Crippen LogP contribution in [0.5, 0.6) is 0 Å². The second-order valence-corrected chi connectivity index (χ2v) is 10.1. The van der Waals surface area contributed by atoms with E-state index in [1.807, 2.05) is 17.3 Å². The zero-order chi connectivity index (χ0) is 25.8. The minimum absolute atomic E-state index is 0.0282. The first kappa shape index (κ1) is 21.7. The van der Waals surface area contributed by atoms with Gasteiger partial charge in [0.2, 0.25) is 0 Å². The highest BCUT2D eigenvalue weighted by Gasteiger charge is 2.41. The SMILES string of the molecule is [2H]C(Nc1cc(Cl)c2ncc(C#N)c(NC3(CC)CC3)c2c1)(C1=CN(C2CC2)NN1)c1ccc(F)cc1. The molecule has 0 amide bonds. The van der Waals surface area contributed by atoms with Crippen LogP contribution in [-0.2, 0) is 0 Å². The van der Waals surface area contributed by atoms with Crippen LogP contribution in [0.4, 0.5) is 15.8 Å². The Hall–Kier alpha value is -3.54. The molecule has 1 unspecified atom stereocenters. The molecule has 9 heteroatoms. The average molecular weight is 505 g/mol. The molecule has 0 saturated heterocycles. The summed E-state index contributed by atoms with van der Waals surface area (Å²) in [5.74, 6) is -0.373. The summed E-state index contributed by atoms with van der Waals surface area (Å²) in [6.07, 6.45) is 8.60. The number of pyridine rings is 1.